The molecular formula is C13H20N2. The van der Waals surface area contributed by atoms with Gasteiger partial charge in [-0.3, -0.25) is 0 Å². The van der Waals surface area contributed by atoms with E-state index in [0.29, 0.717) is 6.04 Å². The molecule has 0 radical (unpaired) electrons. The number of rotatable bonds is 1. The van der Waals surface area contributed by atoms with E-state index in [0.717, 1.165) is 6.04 Å². The fraction of sp³-hybridized carbons (Fsp3) is 0.692. The molecule has 2 aliphatic carbocycles. The Morgan fingerprint density at radius 3 is 2.73 bits per heavy atom. The van der Waals surface area contributed by atoms with Crippen molar-refractivity contribution in [2.75, 3.05) is 0 Å². The van der Waals surface area contributed by atoms with E-state index in [9.17, 15) is 0 Å². The minimum atomic E-state index is 0.300. The number of fused-ring (bicyclic) bond motifs is 1. The van der Waals surface area contributed by atoms with Crippen molar-refractivity contribution in [3.05, 3.63) is 23.0 Å². The molecule has 1 aromatic rings. The number of aryl methyl sites for hydroxylation is 1. The lowest BCUT2D eigenvalue weighted by molar-refractivity contribution is 0.300. The van der Waals surface area contributed by atoms with Crippen LogP contribution in [0.1, 0.15) is 61.1 Å². The third-order valence-electron chi connectivity index (χ3n) is 4.14. The summed E-state index contributed by atoms with van der Waals surface area (Å²) in [7, 11) is 0. The van der Waals surface area contributed by atoms with Gasteiger partial charge >= 0.3 is 0 Å². The van der Waals surface area contributed by atoms with Gasteiger partial charge in [0.1, 0.15) is 0 Å². The van der Waals surface area contributed by atoms with Crippen LogP contribution in [0, 0.1) is 6.92 Å². The van der Waals surface area contributed by atoms with Crippen LogP contribution in [-0.2, 0) is 6.42 Å². The van der Waals surface area contributed by atoms with Crippen molar-refractivity contribution in [2.24, 2.45) is 5.73 Å². The van der Waals surface area contributed by atoms with Crippen molar-refractivity contribution < 1.29 is 0 Å². The first-order valence-electron chi connectivity index (χ1n) is 6.23. The summed E-state index contributed by atoms with van der Waals surface area (Å²) >= 11 is 0. The van der Waals surface area contributed by atoms with E-state index >= 15 is 0 Å². The number of nitrogens with zero attached hydrogens (tertiary/aromatic N) is 1. The predicted octanol–water partition coefficient (Wildman–Crippen LogP) is 2.86. The van der Waals surface area contributed by atoms with Gasteiger partial charge in [-0.1, -0.05) is 0 Å². The summed E-state index contributed by atoms with van der Waals surface area (Å²) in [6.07, 6.45) is 7.83. The smallest absolute Gasteiger partial charge is 0.0336 e. The Bertz CT molecular complexity index is 374. The Morgan fingerprint density at radius 1 is 1.27 bits per heavy atom. The van der Waals surface area contributed by atoms with Crippen LogP contribution in [0.2, 0.25) is 0 Å². The molecule has 2 heteroatoms. The standard InChI is InChI=1S/C13H20N2/c1-9-8-11-12(14)6-3-7-13(11)15(9)10-4-2-5-10/h8,10,12H,2-7,14H2,1H3. The molecule has 1 heterocycles. The van der Waals surface area contributed by atoms with Crippen molar-refractivity contribution in [2.45, 2.75) is 57.5 Å². The maximum Gasteiger partial charge on any atom is 0.0336 e. The fourth-order valence-corrected chi connectivity index (χ4v) is 3.11. The Kier molecular flexibility index (Phi) is 2.13. The highest BCUT2D eigenvalue weighted by Crippen LogP contribution is 2.39. The second kappa shape index (κ2) is 3.38. The lowest BCUT2D eigenvalue weighted by Crippen LogP contribution is -2.23. The first kappa shape index (κ1) is 9.46. The first-order valence-corrected chi connectivity index (χ1v) is 6.23. The van der Waals surface area contributed by atoms with Gasteiger partial charge in [0, 0.05) is 23.5 Å². The van der Waals surface area contributed by atoms with Crippen LogP contribution >= 0.6 is 0 Å². The van der Waals surface area contributed by atoms with Gasteiger partial charge in [0.2, 0.25) is 0 Å². The van der Waals surface area contributed by atoms with E-state index in [-0.39, 0.29) is 0 Å². The zero-order chi connectivity index (χ0) is 10.4. The maximum absolute atomic E-state index is 6.17. The van der Waals surface area contributed by atoms with Crippen molar-refractivity contribution >= 4 is 0 Å². The fourth-order valence-electron chi connectivity index (χ4n) is 3.11. The molecule has 0 spiro atoms. The molecule has 1 atom stereocenters. The number of nitrogens with two attached hydrogens (primary N) is 1. The van der Waals surface area contributed by atoms with Crippen LogP contribution < -0.4 is 5.73 Å². The third-order valence-corrected chi connectivity index (χ3v) is 4.14. The molecule has 2 aliphatic rings. The normalized spacial score (nSPS) is 26.1. The molecule has 0 amide bonds. The lowest BCUT2D eigenvalue weighted by Gasteiger charge is -2.32. The number of aromatic nitrogens is 1. The van der Waals surface area contributed by atoms with E-state index in [4.69, 9.17) is 5.73 Å². The van der Waals surface area contributed by atoms with Gasteiger partial charge < -0.3 is 10.3 Å². The molecule has 1 unspecified atom stereocenters. The minimum absolute atomic E-state index is 0.300. The van der Waals surface area contributed by atoms with E-state index in [1.54, 1.807) is 5.69 Å². The average Bonchev–Trinajstić information content (AvgIpc) is 2.44. The number of hydrogen-bond donors (Lipinski definition) is 1. The van der Waals surface area contributed by atoms with Gasteiger partial charge in [-0.25, -0.2) is 0 Å². The van der Waals surface area contributed by atoms with Crippen LogP contribution in [0.4, 0.5) is 0 Å². The molecule has 0 aromatic carbocycles. The summed E-state index contributed by atoms with van der Waals surface area (Å²) in [6.45, 7) is 2.24. The molecule has 1 aromatic heterocycles. The summed E-state index contributed by atoms with van der Waals surface area (Å²) in [4.78, 5) is 0. The zero-order valence-corrected chi connectivity index (χ0v) is 9.50. The van der Waals surface area contributed by atoms with Gasteiger partial charge in [0.15, 0.2) is 0 Å². The summed E-state index contributed by atoms with van der Waals surface area (Å²) < 4.78 is 2.58. The average molecular weight is 204 g/mol. The van der Waals surface area contributed by atoms with Gasteiger partial charge in [0.05, 0.1) is 0 Å². The van der Waals surface area contributed by atoms with Crippen LogP contribution in [-0.4, -0.2) is 4.57 Å². The van der Waals surface area contributed by atoms with Crippen LogP contribution in [0.3, 0.4) is 0 Å². The Morgan fingerprint density at radius 2 is 2.07 bits per heavy atom. The molecule has 0 bridgehead atoms. The van der Waals surface area contributed by atoms with E-state index in [1.165, 1.54) is 49.8 Å². The van der Waals surface area contributed by atoms with Gasteiger partial charge in [0.25, 0.3) is 0 Å². The third kappa shape index (κ3) is 1.35. The van der Waals surface area contributed by atoms with Crippen LogP contribution in [0.15, 0.2) is 6.07 Å². The molecule has 15 heavy (non-hydrogen) atoms. The number of hydrogen-bond acceptors (Lipinski definition) is 1. The zero-order valence-electron chi connectivity index (χ0n) is 9.50. The monoisotopic (exact) mass is 204 g/mol. The predicted molar refractivity (Wildman–Crippen MR) is 61.9 cm³/mol. The van der Waals surface area contributed by atoms with Crippen LogP contribution in [0.5, 0.6) is 0 Å². The highest BCUT2D eigenvalue weighted by atomic mass is 15.0. The topological polar surface area (TPSA) is 30.9 Å². The van der Waals surface area contributed by atoms with Gasteiger partial charge in [-0.15, -0.1) is 0 Å². The molecule has 2 N–H and O–H groups in total. The molecule has 3 rings (SSSR count). The molecule has 1 fully saturated rings. The van der Waals surface area contributed by atoms with Crippen molar-refractivity contribution in [1.29, 1.82) is 0 Å². The van der Waals surface area contributed by atoms with Crippen molar-refractivity contribution in [3.63, 3.8) is 0 Å². The second-order valence-corrected chi connectivity index (χ2v) is 5.14. The van der Waals surface area contributed by atoms with Crippen molar-refractivity contribution in [3.8, 4) is 0 Å². The molecule has 82 valence electrons. The summed E-state index contributed by atoms with van der Waals surface area (Å²) in [5, 5.41) is 0. The second-order valence-electron chi connectivity index (χ2n) is 5.14. The lowest BCUT2D eigenvalue weighted by atomic mass is 9.90. The Balaban J connectivity index is 2.05. The molecule has 1 saturated carbocycles. The van der Waals surface area contributed by atoms with Crippen molar-refractivity contribution in [1.82, 2.24) is 4.57 Å². The summed E-state index contributed by atoms with van der Waals surface area (Å²) in [5.41, 5.74) is 10.6. The Labute approximate surface area is 91.5 Å². The van der Waals surface area contributed by atoms with E-state index in [1.807, 2.05) is 0 Å². The highest BCUT2D eigenvalue weighted by Gasteiger charge is 2.28. The summed E-state index contributed by atoms with van der Waals surface area (Å²) in [6, 6.07) is 3.42. The quantitative estimate of drug-likeness (QED) is 0.749. The van der Waals surface area contributed by atoms with Crippen LogP contribution in [0.25, 0.3) is 0 Å². The molecule has 0 saturated heterocycles. The van der Waals surface area contributed by atoms with E-state index in [2.05, 4.69) is 17.6 Å². The summed E-state index contributed by atoms with van der Waals surface area (Å²) in [5.74, 6) is 0. The van der Waals surface area contributed by atoms with Gasteiger partial charge in [-0.2, -0.15) is 0 Å². The minimum Gasteiger partial charge on any atom is -0.346 e. The largest absolute Gasteiger partial charge is 0.346 e. The maximum atomic E-state index is 6.17. The highest BCUT2D eigenvalue weighted by molar-refractivity contribution is 5.33. The SMILES string of the molecule is Cc1cc2c(n1C1CCC1)CCCC2N. The van der Waals surface area contributed by atoms with Gasteiger partial charge in [-0.05, 0) is 57.1 Å². The molecule has 0 aliphatic heterocycles. The Hall–Kier alpha value is -0.760. The first-order chi connectivity index (χ1) is 7.27. The van der Waals surface area contributed by atoms with E-state index < -0.39 is 0 Å². The molecule has 2 nitrogen and oxygen atoms in total. The molecular weight excluding hydrogens is 184 g/mol.